The van der Waals surface area contributed by atoms with Gasteiger partial charge in [0.2, 0.25) is 0 Å². The van der Waals surface area contributed by atoms with Crippen molar-refractivity contribution in [3.8, 4) is 0 Å². The van der Waals surface area contributed by atoms with Crippen LogP contribution in [0.3, 0.4) is 0 Å². The molecular formula is C11H19O. The van der Waals surface area contributed by atoms with Gasteiger partial charge in [-0.3, -0.25) is 0 Å². The predicted octanol–water partition coefficient (Wildman–Crippen LogP) is 2.54. The fourth-order valence-electron chi connectivity index (χ4n) is 2.84. The van der Waals surface area contributed by atoms with Gasteiger partial charge in [0, 0.05) is 6.61 Å². The van der Waals surface area contributed by atoms with E-state index in [1.54, 1.807) is 0 Å². The summed E-state index contributed by atoms with van der Waals surface area (Å²) in [4.78, 5) is 0. The molecule has 1 radical (unpaired) electrons. The zero-order chi connectivity index (χ0) is 8.39. The highest BCUT2D eigenvalue weighted by atomic mass is 16.3. The van der Waals surface area contributed by atoms with Gasteiger partial charge in [-0.15, -0.1) is 0 Å². The average molecular weight is 167 g/mol. The zero-order valence-electron chi connectivity index (χ0n) is 7.76. The van der Waals surface area contributed by atoms with E-state index in [0.29, 0.717) is 12.5 Å². The molecule has 0 aromatic carbocycles. The van der Waals surface area contributed by atoms with E-state index in [0.717, 1.165) is 5.92 Å². The first-order valence-electron chi connectivity index (χ1n) is 5.35. The summed E-state index contributed by atoms with van der Waals surface area (Å²) in [5.41, 5.74) is 0. The molecule has 2 atom stereocenters. The first-order valence-corrected chi connectivity index (χ1v) is 5.35. The molecule has 2 aliphatic rings. The fourth-order valence-corrected chi connectivity index (χ4v) is 2.84. The minimum absolute atomic E-state index is 0.420. The number of hydrogen-bond acceptors (Lipinski definition) is 1. The summed E-state index contributed by atoms with van der Waals surface area (Å²) in [6.07, 6.45) is 9.50. The van der Waals surface area contributed by atoms with E-state index in [-0.39, 0.29) is 0 Å². The minimum atomic E-state index is 0.420. The molecule has 2 unspecified atom stereocenters. The molecule has 2 rings (SSSR count). The van der Waals surface area contributed by atoms with Crippen molar-refractivity contribution >= 4 is 0 Å². The highest BCUT2D eigenvalue weighted by molar-refractivity contribution is 5.02. The van der Waals surface area contributed by atoms with Gasteiger partial charge in [0.25, 0.3) is 0 Å². The van der Waals surface area contributed by atoms with E-state index in [1.807, 2.05) is 5.92 Å². The van der Waals surface area contributed by atoms with Crippen LogP contribution in [-0.4, -0.2) is 11.7 Å². The maximum absolute atomic E-state index is 9.07. The van der Waals surface area contributed by atoms with E-state index in [1.165, 1.54) is 44.9 Å². The van der Waals surface area contributed by atoms with Crippen molar-refractivity contribution in [2.45, 2.75) is 44.9 Å². The molecule has 0 spiro atoms. The third-order valence-corrected chi connectivity index (χ3v) is 3.63. The topological polar surface area (TPSA) is 20.2 Å². The molecule has 0 amide bonds. The molecule has 1 N–H and O–H groups in total. The summed E-state index contributed by atoms with van der Waals surface area (Å²) in [5.74, 6) is 3.34. The summed E-state index contributed by atoms with van der Waals surface area (Å²) in [6, 6.07) is 0. The third-order valence-electron chi connectivity index (χ3n) is 3.63. The van der Waals surface area contributed by atoms with Crippen molar-refractivity contribution in [1.82, 2.24) is 0 Å². The van der Waals surface area contributed by atoms with Crippen LogP contribution in [0.15, 0.2) is 0 Å². The summed E-state index contributed by atoms with van der Waals surface area (Å²) in [7, 11) is 0. The first kappa shape index (κ1) is 8.55. The van der Waals surface area contributed by atoms with Gasteiger partial charge in [0.05, 0.1) is 0 Å². The lowest BCUT2D eigenvalue weighted by molar-refractivity contribution is 0.155. The molecule has 0 aromatic heterocycles. The Labute approximate surface area is 75.2 Å². The van der Waals surface area contributed by atoms with Gasteiger partial charge in [0.15, 0.2) is 0 Å². The lowest BCUT2D eigenvalue weighted by atomic mass is 9.68. The van der Waals surface area contributed by atoms with Gasteiger partial charge in [-0.1, -0.05) is 12.8 Å². The minimum Gasteiger partial charge on any atom is -0.396 e. The number of rotatable bonds is 1. The van der Waals surface area contributed by atoms with E-state index in [4.69, 9.17) is 5.11 Å². The molecule has 2 aliphatic carbocycles. The smallest absolute Gasteiger partial charge is 0.0459 e. The average Bonchev–Trinajstić information content (AvgIpc) is 2.17. The molecule has 2 saturated carbocycles. The monoisotopic (exact) mass is 167 g/mol. The molecule has 2 fully saturated rings. The Bertz CT molecular complexity index is 144. The van der Waals surface area contributed by atoms with Gasteiger partial charge in [-0.25, -0.2) is 0 Å². The van der Waals surface area contributed by atoms with E-state index in [2.05, 4.69) is 0 Å². The van der Waals surface area contributed by atoms with Crippen molar-refractivity contribution in [3.63, 3.8) is 0 Å². The fraction of sp³-hybridized carbons (Fsp3) is 0.909. The van der Waals surface area contributed by atoms with Gasteiger partial charge >= 0.3 is 0 Å². The van der Waals surface area contributed by atoms with Gasteiger partial charge in [-0.05, 0) is 49.9 Å². The molecule has 0 aromatic rings. The number of aliphatic hydroxyl groups is 1. The summed E-state index contributed by atoms with van der Waals surface area (Å²) in [6.45, 7) is 0.420. The Morgan fingerprint density at radius 1 is 1.17 bits per heavy atom. The van der Waals surface area contributed by atoms with Crippen LogP contribution in [0.2, 0.25) is 0 Å². The van der Waals surface area contributed by atoms with Crippen LogP contribution in [0.4, 0.5) is 0 Å². The maximum atomic E-state index is 9.07. The van der Waals surface area contributed by atoms with Crippen molar-refractivity contribution < 1.29 is 5.11 Å². The van der Waals surface area contributed by atoms with E-state index in [9.17, 15) is 0 Å². The maximum Gasteiger partial charge on any atom is 0.0459 e. The Kier molecular flexibility index (Phi) is 2.69. The predicted molar refractivity (Wildman–Crippen MR) is 49.6 cm³/mol. The largest absolute Gasteiger partial charge is 0.396 e. The third kappa shape index (κ3) is 1.66. The standard InChI is InChI=1S/C11H19O/c12-8-9-5-6-10-3-1-2-4-11(10)7-9/h9,11-12H,1-8H2. The molecule has 0 bridgehead atoms. The van der Waals surface area contributed by atoms with Crippen molar-refractivity contribution in [3.05, 3.63) is 5.92 Å². The molecule has 1 nitrogen and oxygen atoms in total. The second-order valence-electron chi connectivity index (χ2n) is 4.42. The molecule has 1 heteroatoms. The van der Waals surface area contributed by atoms with Gasteiger partial charge in [-0.2, -0.15) is 0 Å². The van der Waals surface area contributed by atoms with Crippen LogP contribution in [0.5, 0.6) is 0 Å². The highest BCUT2D eigenvalue weighted by Gasteiger charge is 2.31. The van der Waals surface area contributed by atoms with Crippen LogP contribution >= 0.6 is 0 Å². The van der Waals surface area contributed by atoms with Crippen molar-refractivity contribution in [1.29, 1.82) is 0 Å². The first-order chi connectivity index (χ1) is 5.90. The molecule has 69 valence electrons. The number of aliphatic hydroxyl groups excluding tert-OH is 1. The van der Waals surface area contributed by atoms with Crippen molar-refractivity contribution in [2.75, 3.05) is 6.61 Å². The van der Waals surface area contributed by atoms with E-state index < -0.39 is 0 Å². The van der Waals surface area contributed by atoms with Crippen LogP contribution in [0.25, 0.3) is 0 Å². The number of fused-ring (bicyclic) bond motifs is 1. The summed E-state index contributed by atoms with van der Waals surface area (Å²) in [5, 5.41) is 9.07. The summed E-state index contributed by atoms with van der Waals surface area (Å²) >= 11 is 0. The number of hydrogen-bond donors (Lipinski definition) is 1. The quantitative estimate of drug-likeness (QED) is 0.636. The van der Waals surface area contributed by atoms with Crippen LogP contribution < -0.4 is 0 Å². The Hall–Kier alpha value is -0.0400. The van der Waals surface area contributed by atoms with Crippen molar-refractivity contribution in [2.24, 2.45) is 11.8 Å². The zero-order valence-corrected chi connectivity index (χ0v) is 7.76. The Morgan fingerprint density at radius 3 is 2.92 bits per heavy atom. The Morgan fingerprint density at radius 2 is 2.08 bits per heavy atom. The van der Waals surface area contributed by atoms with Crippen LogP contribution in [0.1, 0.15) is 44.9 Å². The van der Waals surface area contributed by atoms with Gasteiger partial charge < -0.3 is 5.11 Å². The molecule has 0 saturated heterocycles. The SMILES string of the molecule is OCC1CC[C]2CCCCC2C1. The van der Waals surface area contributed by atoms with Crippen LogP contribution in [0, 0.1) is 17.8 Å². The Balaban J connectivity index is 1.90. The normalized spacial score (nSPS) is 37.8. The second kappa shape index (κ2) is 3.78. The molecular weight excluding hydrogens is 148 g/mol. The lowest BCUT2D eigenvalue weighted by Gasteiger charge is -2.38. The summed E-state index contributed by atoms with van der Waals surface area (Å²) < 4.78 is 0. The van der Waals surface area contributed by atoms with Crippen LogP contribution in [-0.2, 0) is 0 Å². The second-order valence-corrected chi connectivity index (χ2v) is 4.42. The lowest BCUT2D eigenvalue weighted by Crippen LogP contribution is -2.27. The molecule has 12 heavy (non-hydrogen) atoms. The van der Waals surface area contributed by atoms with E-state index >= 15 is 0 Å². The van der Waals surface area contributed by atoms with Gasteiger partial charge in [0.1, 0.15) is 0 Å². The molecule has 0 heterocycles. The highest BCUT2D eigenvalue weighted by Crippen LogP contribution is 2.43. The molecule has 0 aliphatic heterocycles.